The zero-order valence-corrected chi connectivity index (χ0v) is 29.5. The fourth-order valence-electron chi connectivity index (χ4n) is 4.18. The van der Waals surface area contributed by atoms with E-state index in [1.165, 1.54) is 0 Å². The van der Waals surface area contributed by atoms with Crippen LogP contribution >= 0.6 is 35.6 Å². The molecule has 2 aromatic heterocycles. The first-order valence-corrected chi connectivity index (χ1v) is 15.5. The van der Waals surface area contributed by atoms with E-state index in [1.54, 1.807) is 12.1 Å². The molecule has 10 nitrogen and oxygen atoms in total. The molecular weight excluding hydrogens is 655 g/mol. The largest absolute Gasteiger partial charge is 0.474 e. The molecule has 0 atom stereocenters. The van der Waals surface area contributed by atoms with Crippen LogP contribution < -0.4 is 20.5 Å². The Bertz CT molecular complexity index is 1500. The minimum absolute atomic E-state index is 0. The van der Waals surface area contributed by atoms with Crippen molar-refractivity contribution in [3.8, 4) is 34.4 Å². The van der Waals surface area contributed by atoms with E-state index in [4.69, 9.17) is 52.2 Å². The highest BCUT2D eigenvalue weighted by molar-refractivity contribution is 6.30. The zero-order chi connectivity index (χ0) is 33.1. The number of carbonyl (C=O) groups is 1. The van der Waals surface area contributed by atoms with Gasteiger partial charge in [0.25, 0.3) is 11.8 Å². The minimum atomic E-state index is -0.532. The summed E-state index contributed by atoms with van der Waals surface area (Å²) in [6.07, 6.45) is -0.479. The van der Waals surface area contributed by atoms with Crippen LogP contribution in [0.4, 0.5) is 4.79 Å². The SMILES string of the molecule is CC(C)c1c(OCCN)noc1-c1ccc(Cl)cc1.CC(C)c1c(OCCNC(=O)OC(C)(C)C)noc1-c1ccc(Cl)cc1.Cl. The van der Waals surface area contributed by atoms with Gasteiger partial charge in [0.2, 0.25) is 0 Å². The van der Waals surface area contributed by atoms with E-state index in [0.717, 1.165) is 28.0 Å². The van der Waals surface area contributed by atoms with Crippen LogP contribution in [-0.4, -0.2) is 48.3 Å². The summed E-state index contributed by atoms with van der Waals surface area (Å²) in [5.41, 5.74) is 8.56. The highest BCUT2D eigenvalue weighted by Gasteiger charge is 2.23. The Kier molecular flexibility index (Phi) is 15.2. The molecule has 1 amide bonds. The smallest absolute Gasteiger partial charge is 0.407 e. The van der Waals surface area contributed by atoms with Crippen molar-refractivity contribution in [3.63, 3.8) is 0 Å². The average Bonchev–Trinajstić information content (AvgIpc) is 3.59. The highest BCUT2D eigenvalue weighted by atomic mass is 35.5. The van der Waals surface area contributed by atoms with Crippen molar-refractivity contribution in [2.45, 2.75) is 65.9 Å². The van der Waals surface area contributed by atoms with Gasteiger partial charge in [0.05, 0.1) is 17.7 Å². The number of rotatable bonds is 11. The number of nitrogens with two attached hydrogens (primary N) is 1. The molecule has 2 aromatic carbocycles. The number of ether oxygens (including phenoxy) is 3. The molecule has 252 valence electrons. The van der Waals surface area contributed by atoms with Crippen molar-refractivity contribution in [1.82, 2.24) is 15.6 Å². The number of alkyl carbamates (subject to hydrolysis) is 1. The Balaban J connectivity index is 0.000000328. The second kappa shape index (κ2) is 18.0. The molecule has 0 saturated heterocycles. The number of halogens is 3. The lowest BCUT2D eigenvalue weighted by molar-refractivity contribution is 0.0519. The monoisotopic (exact) mass is 696 g/mol. The summed E-state index contributed by atoms with van der Waals surface area (Å²) in [6, 6.07) is 14.8. The molecule has 0 aliphatic heterocycles. The van der Waals surface area contributed by atoms with Crippen LogP contribution in [0.25, 0.3) is 22.6 Å². The minimum Gasteiger partial charge on any atom is -0.474 e. The molecule has 4 aromatic rings. The lowest BCUT2D eigenvalue weighted by atomic mass is 10.00. The molecule has 3 N–H and O–H groups in total. The third-order valence-electron chi connectivity index (χ3n) is 6.12. The Morgan fingerprint density at radius 1 is 0.804 bits per heavy atom. The van der Waals surface area contributed by atoms with Gasteiger partial charge in [-0.15, -0.1) is 12.4 Å². The quantitative estimate of drug-likeness (QED) is 0.147. The third-order valence-corrected chi connectivity index (χ3v) is 6.63. The molecule has 0 aliphatic rings. The van der Waals surface area contributed by atoms with Gasteiger partial charge in [0, 0.05) is 27.7 Å². The number of amides is 1. The van der Waals surface area contributed by atoms with Gasteiger partial charge in [-0.2, -0.15) is 0 Å². The molecule has 0 bridgehead atoms. The average molecular weight is 698 g/mol. The van der Waals surface area contributed by atoms with E-state index < -0.39 is 11.7 Å². The summed E-state index contributed by atoms with van der Waals surface area (Å²) in [7, 11) is 0. The molecule has 46 heavy (non-hydrogen) atoms. The lowest BCUT2D eigenvalue weighted by Crippen LogP contribution is -2.34. The summed E-state index contributed by atoms with van der Waals surface area (Å²) >= 11 is 11.8. The van der Waals surface area contributed by atoms with Gasteiger partial charge in [-0.25, -0.2) is 4.79 Å². The lowest BCUT2D eigenvalue weighted by Gasteiger charge is -2.19. The maximum absolute atomic E-state index is 11.6. The van der Waals surface area contributed by atoms with Gasteiger partial charge in [0.1, 0.15) is 18.8 Å². The maximum atomic E-state index is 11.6. The molecule has 0 fully saturated rings. The van der Waals surface area contributed by atoms with Crippen molar-refractivity contribution < 1.29 is 28.1 Å². The third kappa shape index (κ3) is 11.4. The van der Waals surface area contributed by atoms with Gasteiger partial charge in [0.15, 0.2) is 11.5 Å². The highest BCUT2D eigenvalue weighted by Crippen LogP contribution is 2.37. The van der Waals surface area contributed by atoms with Crippen LogP contribution in [0.15, 0.2) is 57.6 Å². The Morgan fingerprint density at radius 3 is 1.59 bits per heavy atom. The van der Waals surface area contributed by atoms with Gasteiger partial charge >= 0.3 is 6.09 Å². The van der Waals surface area contributed by atoms with Crippen LogP contribution in [0, 0.1) is 0 Å². The van der Waals surface area contributed by atoms with E-state index in [1.807, 2.05) is 71.0 Å². The van der Waals surface area contributed by atoms with E-state index in [9.17, 15) is 4.79 Å². The fraction of sp³-hybridized carbons (Fsp3) is 0.424. The number of carbonyl (C=O) groups excluding carboxylic acids is 1. The Labute approximate surface area is 286 Å². The first kappa shape index (κ1) is 38.7. The van der Waals surface area contributed by atoms with Crippen molar-refractivity contribution in [3.05, 3.63) is 69.7 Å². The van der Waals surface area contributed by atoms with E-state index in [-0.39, 0.29) is 30.8 Å². The Hall–Kier alpha value is -3.44. The second-order valence-corrected chi connectivity index (χ2v) is 12.6. The predicted octanol–water partition coefficient (Wildman–Crippen LogP) is 8.90. The summed E-state index contributed by atoms with van der Waals surface area (Å²) in [5.74, 6) is 2.72. The number of benzene rings is 2. The van der Waals surface area contributed by atoms with Gasteiger partial charge in [-0.05, 0) is 91.5 Å². The number of aromatic nitrogens is 2. The normalized spacial score (nSPS) is 11.0. The predicted molar refractivity (Wildman–Crippen MR) is 184 cm³/mol. The van der Waals surface area contributed by atoms with Gasteiger partial charge < -0.3 is 34.3 Å². The summed E-state index contributed by atoms with van der Waals surface area (Å²) in [5, 5.41) is 12.0. The molecule has 0 radical (unpaired) electrons. The molecule has 0 spiro atoms. The summed E-state index contributed by atoms with van der Waals surface area (Å²) in [6.45, 7) is 15.1. The van der Waals surface area contributed by atoms with Crippen molar-refractivity contribution in [1.29, 1.82) is 0 Å². The first-order chi connectivity index (χ1) is 21.3. The van der Waals surface area contributed by atoms with Crippen LogP contribution in [0.1, 0.15) is 71.4 Å². The topological polar surface area (TPSA) is 135 Å². The molecule has 2 heterocycles. The van der Waals surface area contributed by atoms with E-state index in [0.29, 0.717) is 47.3 Å². The molecule has 0 aliphatic carbocycles. The first-order valence-electron chi connectivity index (χ1n) is 14.7. The van der Waals surface area contributed by atoms with Crippen LogP contribution in [0.5, 0.6) is 11.8 Å². The number of nitrogens with one attached hydrogen (secondary N) is 1. The van der Waals surface area contributed by atoms with Crippen LogP contribution in [0.2, 0.25) is 10.0 Å². The van der Waals surface area contributed by atoms with Crippen molar-refractivity contribution in [2.75, 3.05) is 26.3 Å². The summed E-state index contributed by atoms with van der Waals surface area (Å²) in [4.78, 5) is 11.6. The molecular formula is C33H43Cl3N4O6. The second-order valence-electron chi connectivity index (χ2n) is 11.7. The van der Waals surface area contributed by atoms with Crippen LogP contribution in [-0.2, 0) is 4.74 Å². The van der Waals surface area contributed by atoms with E-state index in [2.05, 4.69) is 29.5 Å². The number of hydrogen-bond donors (Lipinski definition) is 2. The number of nitrogens with zero attached hydrogens (tertiary/aromatic N) is 2. The molecule has 13 heteroatoms. The Morgan fingerprint density at radius 2 is 1.22 bits per heavy atom. The zero-order valence-electron chi connectivity index (χ0n) is 27.2. The molecule has 0 saturated carbocycles. The fourth-order valence-corrected chi connectivity index (χ4v) is 4.43. The van der Waals surface area contributed by atoms with Crippen molar-refractivity contribution >= 4 is 41.7 Å². The van der Waals surface area contributed by atoms with Gasteiger partial charge in [-0.3, -0.25) is 0 Å². The molecule has 0 unspecified atom stereocenters. The van der Waals surface area contributed by atoms with Crippen LogP contribution in [0.3, 0.4) is 0 Å². The summed E-state index contributed by atoms with van der Waals surface area (Å²) < 4.78 is 27.3. The maximum Gasteiger partial charge on any atom is 0.407 e. The van der Waals surface area contributed by atoms with Gasteiger partial charge in [-0.1, -0.05) is 50.9 Å². The standard InChI is InChI=1S/C19H25ClN2O4.C14H17ClN2O2.ClH/c1-12(2)15-16(13-6-8-14(20)9-7-13)26-22-17(15)24-11-10-21-18(23)25-19(3,4)5;1-9(2)12-13(10-3-5-11(15)6-4-10)19-17-14(12)18-8-7-16;/h6-9,12H,10-11H2,1-5H3,(H,21,23);3-6,9H,7-8,16H2,1-2H3;1H. The van der Waals surface area contributed by atoms with Crippen molar-refractivity contribution in [2.24, 2.45) is 5.73 Å². The molecule has 4 rings (SSSR count). The van der Waals surface area contributed by atoms with E-state index >= 15 is 0 Å². The number of hydrogen-bond acceptors (Lipinski definition) is 9.